The summed E-state index contributed by atoms with van der Waals surface area (Å²) in [7, 11) is 5.68. The summed E-state index contributed by atoms with van der Waals surface area (Å²) in [5.74, 6) is -1.13. The number of hydrogen-bond donors (Lipinski definition) is 1. The molecule has 0 amide bonds. The van der Waals surface area contributed by atoms with Crippen molar-refractivity contribution in [2.75, 3.05) is 26.0 Å². The predicted octanol–water partition coefficient (Wildman–Crippen LogP) is 3.34. The summed E-state index contributed by atoms with van der Waals surface area (Å²) >= 11 is 0. The number of halogens is 2. The van der Waals surface area contributed by atoms with Crippen molar-refractivity contribution in [3.8, 4) is 0 Å². The van der Waals surface area contributed by atoms with E-state index < -0.39 is 11.6 Å². The highest BCUT2D eigenvalue weighted by atomic mass is 19.1. The molecule has 0 bridgehead atoms. The summed E-state index contributed by atoms with van der Waals surface area (Å²) in [6.07, 6.45) is 0. The Balaban J connectivity index is 2.43. The summed E-state index contributed by atoms with van der Waals surface area (Å²) in [5.41, 5.74) is 2.57. The van der Waals surface area contributed by atoms with Gasteiger partial charge in [-0.3, -0.25) is 0 Å². The molecule has 0 spiro atoms. The second-order valence-electron chi connectivity index (χ2n) is 4.91. The first-order valence-electron chi connectivity index (χ1n) is 6.42. The molecule has 2 nitrogen and oxygen atoms in total. The number of hydrogen-bond acceptors (Lipinski definition) is 2. The average Bonchev–Trinajstić information content (AvgIpc) is 2.39. The van der Waals surface area contributed by atoms with Crippen LogP contribution in [0.15, 0.2) is 42.5 Å². The number of benzene rings is 2. The normalized spacial score (nSPS) is 12.2. The van der Waals surface area contributed by atoms with E-state index in [1.165, 1.54) is 12.1 Å². The van der Waals surface area contributed by atoms with Gasteiger partial charge in [-0.05, 0) is 42.4 Å². The van der Waals surface area contributed by atoms with Gasteiger partial charge in [-0.25, -0.2) is 8.78 Å². The number of nitrogens with one attached hydrogen (secondary N) is 1. The molecule has 0 aliphatic rings. The van der Waals surface area contributed by atoms with Crippen LogP contribution in [0.25, 0.3) is 0 Å². The Morgan fingerprint density at radius 1 is 0.950 bits per heavy atom. The third kappa shape index (κ3) is 3.14. The van der Waals surface area contributed by atoms with Crippen LogP contribution in [0.3, 0.4) is 0 Å². The van der Waals surface area contributed by atoms with Crippen LogP contribution in [-0.2, 0) is 0 Å². The van der Waals surface area contributed by atoms with Crippen molar-refractivity contribution in [1.82, 2.24) is 5.32 Å². The third-order valence-electron chi connectivity index (χ3n) is 3.23. The Kier molecular flexibility index (Phi) is 4.35. The van der Waals surface area contributed by atoms with Crippen molar-refractivity contribution in [3.05, 3.63) is 65.2 Å². The summed E-state index contributed by atoms with van der Waals surface area (Å²) in [6, 6.07) is 11.2. The summed E-state index contributed by atoms with van der Waals surface area (Å²) < 4.78 is 26.7. The van der Waals surface area contributed by atoms with Crippen LogP contribution < -0.4 is 10.2 Å². The van der Waals surface area contributed by atoms with E-state index in [0.29, 0.717) is 5.56 Å². The van der Waals surface area contributed by atoms with Crippen LogP contribution in [0.4, 0.5) is 14.5 Å². The molecule has 0 heterocycles. The van der Waals surface area contributed by atoms with Crippen molar-refractivity contribution in [2.45, 2.75) is 6.04 Å². The first-order valence-corrected chi connectivity index (χ1v) is 6.42. The highest BCUT2D eigenvalue weighted by Gasteiger charge is 2.14. The zero-order valence-electron chi connectivity index (χ0n) is 11.8. The lowest BCUT2D eigenvalue weighted by Crippen LogP contribution is -2.19. The molecule has 2 rings (SSSR count). The van der Waals surface area contributed by atoms with Gasteiger partial charge in [0.1, 0.15) is 11.6 Å². The number of anilines is 1. The summed E-state index contributed by atoms with van der Waals surface area (Å²) in [4.78, 5) is 1.99. The molecule has 1 unspecified atom stereocenters. The van der Waals surface area contributed by atoms with Crippen LogP contribution in [0.2, 0.25) is 0 Å². The standard InChI is InChI=1S/C16H18F2N2/c1-19-16(12-7-13(17)10-14(18)8-12)11-5-4-6-15(9-11)20(2)3/h4-10,16,19H,1-3H3. The number of nitrogens with zero attached hydrogens (tertiary/aromatic N) is 1. The van der Waals surface area contributed by atoms with Crippen molar-refractivity contribution in [3.63, 3.8) is 0 Å². The van der Waals surface area contributed by atoms with Gasteiger partial charge >= 0.3 is 0 Å². The Bertz CT molecular complexity index is 577. The van der Waals surface area contributed by atoms with E-state index in [1.54, 1.807) is 7.05 Å². The molecule has 1 N–H and O–H groups in total. The minimum Gasteiger partial charge on any atom is -0.378 e. The van der Waals surface area contributed by atoms with Gasteiger partial charge < -0.3 is 10.2 Å². The van der Waals surface area contributed by atoms with Gasteiger partial charge in [0, 0.05) is 25.8 Å². The molecule has 20 heavy (non-hydrogen) atoms. The fourth-order valence-electron chi connectivity index (χ4n) is 2.25. The molecule has 2 aromatic carbocycles. The molecule has 2 aromatic rings. The second kappa shape index (κ2) is 6.01. The smallest absolute Gasteiger partial charge is 0.126 e. The average molecular weight is 276 g/mol. The molecule has 0 fully saturated rings. The summed E-state index contributed by atoms with van der Waals surface area (Å²) in [6.45, 7) is 0. The Labute approximate surface area is 118 Å². The van der Waals surface area contributed by atoms with Gasteiger partial charge in [0.05, 0.1) is 6.04 Å². The predicted molar refractivity (Wildman–Crippen MR) is 78.0 cm³/mol. The molecular weight excluding hydrogens is 258 g/mol. The lowest BCUT2D eigenvalue weighted by atomic mass is 9.98. The topological polar surface area (TPSA) is 15.3 Å². The maximum atomic E-state index is 13.4. The van der Waals surface area contributed by atoms with Crippen molar-refractivity contribution >= 4 is 5.69 Å². The van der Waals surface area contributed by atoms with Crippen molar-refractivity contribution in [1.29, 1.82) is 0 Å². The zero-order valence-corrected chi connectivity index (χ0v) is 11.8. The fraction of sp³-hybridized carbons (Fsp3) is 0.250. The van der Waals surface area contributed by atoms with Gasteiger partial charge in [0.15, 0.2) is 0 Å². The first-order chi connectivity index (χ1) is 9.51. The van der Waals surface area contributed by atoms with Gasteiger partial charge in [-0.15, -0.1) is 0 Å². The molecule has 0 aliphatic heterocycles. The van der Waals surface area contributed by atoms with Gasteiger partial charge in [-0.1, -0.05) is 12.1 Å². The van der Waals surface area contributed by atoms with E-state index in [9.17, 15) is 8.78 Å². The molecule has 0 saturated carbocycles. The number of rotatable bonds is 4. The second-order valence-corrected chi connectivity index (χ2v) is 4.91. The van der Waals surface area contributed by atoms with E-state index in [2.05, 4.69) is 5.32 Å². The highest BCUT2D eigenvalue weighted by Crippen LogP contribution is 2.26. The van der Waals surface area contributed by atoms with E-state index >= 15 is 0 Å². The molecular formula is C16H18F2N2. The highest BCUT2D eigenvalue weighted by molar-refractivity contribution is 5.49. The van der Waals surface area contributed by atoms with E-state index in [4.69, 9.17) is 0 Å². The molecule has 106 valence electrons. The fourth-order valence-corrected chi connectivity index (χ4v) is 2.25. The Morgan fingerprint density at radius 2 is 1.60 bits per heavy atom. The molecule has 4 heteroatoms. The molecule has 0 aliphatic carbocycles. The van der Waals surface area contributed by atoms with Crippen LogP contribution in [0.1, 0.15) is 17.2 Å². The minimum atomic E-state index is -0.566. The van der Waals surface area contributed by atoms with Gasteiger partial charge in [0.25, 0.3) is 0 Å². The van der Waals surface area contributed by atoms with Crippen LogP contribution in [0, 0.1) is 11.6 Å². The van der Waals surface area contributed by atoms with Crippen molar-refractivity contribution in [2.24, 2.45) is 0 Å². The largest absolute Gasteiger partial charge is 0.378 e. The molecule has 0 aromatic heterocycles. The van der Waals surface area contributed by atoms with Crippen LogP contribution in [0.5, 0.6) is 0 Å². The first kappa shape index (κ1) is 14.5. The Hall–Kier alpha value is -1.94. The minimum absolute atomic E-state index is 0.250. The zero-order chi connectivity index (χ0) is 14.7. The van der Waals surface area contributed by atoms with E-state index in [1.807, 2.05) is 43.3 Å². The van der Waals surface area contributed by atoms with Gasteiger partial charge in [0.2, 0.25) is 0 Å². The quantitative estimate of drug-likeness (QED) is 0.921. The lowest BCUT2D eigenvalue weighted by molar-refractivity contribution is 0.571. The third-order valence-corrected chi connectivity index (χ3v) is 3.23. The molecule has 0 radical (unpaired) electrons. The van der Waals surface area contributed by atoms with Crippen LogP contribution >= 0.6 is 0 Å². The maximum absolute atomic E-state index is 13.4. The Morgan fingerprint density at radius 3 is 2.15 bits per heavy atom. The van der Waals surface area contributed by atoms with E-state index in [0.717, 1.165) is 17.3 Å². The lowest BCUT2D eigenvalue weighted by Gasteiger charge is -2.20. The SMILES string of the molecule is CNC(c1cc(F)cc(F)c1)c1cccc(N(C)C)c1. The monoisotopic (exact) mass is 276 g/mol. The van der Waals surface area contributed by atoms with Crippen LogP contribution in [-0.4, -0.2) is 21.1 Å². The van der Waals surface area contributed by atoms with Crippen molar-refractivity contribution < 1.29 is 8.78 Å². The van der Waals surface area contributed by atoms with E-state index in [-0.39, 0.29) is 6.04 Å². The molecule has 0 saturated heterocycles. The maximum Gasteiger partial charge on any atom is 0.126 e. The molecule has 1 atom stereocenters. The summed E-state index contributed by atoms with van der Waals surface area (Å²) in [5, 5.41) is 3.10. The van der Waals surface area contributed by atoms with Gasteiger partial charge in [-0.2, -0.15) is 0 Å².